The minimum absolute atomic E-state index is 0.00123. The first-order valence-electron chi connectivity index (χ1n) is 7.67. The zero-order chi connectivity index (χ0) is 18.6. The Morgan fingerprint density at radius 3 is 2.76 bits per heavy atom. The minimum Gasteiger partial charge on any atom is -0.494 e. The second-order valence-electron chi connectivity index (χ2n) is 6.28. The molecule has 0 aliphatic heterocycles. The van der Waals surface area contributed by atoms with Gasteiger partial charge in [0.05, 0.1) is 7.11 Å². The molecule has 0 saturated carbocycles. The average Bonchev–Trinajstić information content (AvgIpc) is 2.95. The average molecular weight is 368 g/mol. The van der Waals surface area contributed by atoms with Gasteiger partial charge >= 0.3 is 5.97 Å². The van der Waals surface area contributed by atoms with Gasteiger partial charge in [0.2, 0.25) is 0 Å². The number of nitrogens with zero attached hydrogens (tertiary/aromatic N) is 1. The van der Waals surface area contributed by atoms with Gasteiger partial charge < -0.3 is 19.7 Å². The Bertz CT molecular complexity index is 756. The second kappa shape index (κ2) is 7.77. The molecule has 8 heteroatoms. The Hall–Kier alpha value is -2.22. The summed E-state index contributed by atoms with van der Waals surface area (Å²) in [5.74, 6) is -0.723. The third-order valence-corrected chi connectivity index (χ3v) is 4.52. The number of carboxylic acid groups (broad SMARTS) is 1. The van der Waals surface area contributed by atoms with Crippen molar-refractivity contribution in [3.8, 4) is 17.1 Å². The second-order valence-corrected chi connectivity index (χ2v) is 8.20. The number of nitrogens with one attached hydrogen (secondary N) is 1. The van der Waals surface area contributed by atoms with Gasteiger partial charge in [-0.1, -0.05) is 25.9 Å². The predicted molar refractivity (Wildman–Crippen MR) is 96.1 cm³/mol. The molecule has 1 aromatic carbocycles. The van der Waals surface area contributed by atoms with Gasteiger partial charge in [-0.15, -0.1) is 0 Å². The Morgan fingerprint density at radius 2 is 2.16 bits per heavy atom. The zero-order valence-electron chi connectivity index (χ0n) is 14.6. The van der Waals surface area contributed by atoms with Gasteiger partial charge in [0.25, 0.3) is 0 Å². The number of aromatic nitrogens is 1. The van der Waals surface area contributed by atoms with Crippen molar-refractivity contribution in [3.63, 3.8) is 0 Å². The molecule has 1 heterocycles. The first-order valence-corrected chi connectivity index (χ1v) is 8.66. The number of carboxylic acids is 1. The number of anilines is 1. The summed E-state index contributed by atoms with van der Waals surface area (Å²) >= 11 is 1.75. The summed E-state index contributed by atoms with van der Waals surface area (Å²) in [6, 6.07) is 3.99. The number of rotatable bonds is 7. The maximum Gasteiger partial charge on any atom is 0.343 e. The number of hydrogen-bond acceptors (Lipinski definition) is 6. The van der Waals surface area contributed by atoms with Crippen LogP contribution < -0.4 is 10.1 Å². The van der Waals surface area contributed by atoms with Crippen LogP contribution in [0.25, 0.3) is 11.3 Å². The standard InChI is InChI=1S/C17H21FN2O4S/c1-17(2,3)25-8-7-19-15-13(16(21)22)14(24-20-15)10-5-6-11(18)12(9-10)23-4/h5-6,9H,7-8H2,1-4H3,(H,19,20)(H,21,22). The van der Waals surface area contributed by atoms with Crippen molar-refractivity contribution in [1.29, 1.82) is 0 Å². The molecule has 2 rings (SSSR count). The molecule has 0 aliphatic rings. The van der Waals surface area contributed by atoms with E-state index in [1.54, 1.807) is 11.8 Å². The predicted octanol–water partition coefficient (Wildman–Crippen LogP) is 4.13. The number of hydrogen-bond donors (Lipinski definition) is 2. The van der Waals surface area contributed by atoms with Crippen molar-refractivity contribution in [3.05, 3.63) is 29.6 Å². The van der Waals surface area contributed by atoms with Gasteiger partial charge in [-0.3, -0.25) is 0 Å². The first kappa shape index (κ1) is 19.1. The molecular formula is C17H21FN2O4S. The van der Waals surface area contributed by atoms with Crippen LogP contribution in [0.3, 0.4) is 0 Å². The van der Waals surface area contributed by atoms with Gasteiger partial charge in [0.15, 0.2) is 28.7 Å². The Labute approximate surface area is 149 Å². The van der Waals surface area contributed by atoms with E-state index in [-0.39, 0.29) is 27.6 Å². The van der Waals surface area contributed by atoms with Crippen LogP contribution in [0, 0.1) is 5.82 Å². The molecule has 0 amide bonds. The number of halogens is 1. The van der Waals surface area contributed by atoms with E-state index in [0.29, 0.717) is 12.1 Å². The molecule has 0 radical (unpaired) electrons. The lowest BCUT2D eigenvalue weighted by atomic mass is 10.1. The molecule has 2 N–H and O–H groups in total. The van der Waals surface area contributed by atoms with Gasteiger partial charge in [0.1, 0.15) is 0 Å². The number of carbonyl (C=O) groups is 1. The summed E-state index contributed by atoms with van der Waals surface area (Å²) in [6.45, 7) is 6.87. The Balaban J connectivity index is 2.23. The van der Waals surface area contributed by atoms with Gasteiger partial charge in [-0.05, 0) is 18.2 Å². The SMILES string of the molecule is COc1cc(-c2onc(NCCSC(C)(C)C)c2C(=O)O)ccc1F. The maximum atomic E-state index is 13.5. The van der Waals surface area contributed by atoms with E-state index in [2.05, 4.69) is 31.2 Å². The lowest BCUT2D eigenvalue weighted by Gasteiger charge is -2.17. The topological polar surface area (TPSA) is 84.6 Å². The maximum absolute atomic E-state index is 13.5. The van der Waals surface area contributed by atoms with Crippen molar-refractivity contribution in [2.75, 3.05) is 24.7 Å². The van der Waals surface area contributed by atoms with E-state index >= 15 is 0 Å². The molecule has 0 unspecified atom stereocenters. The molecule has 136 valence electrons. The third-order valence-electron chi connectivity index (χ3n) is 3.25. The number of methoxy groups -OCH3 is 1. The summed E-state index contributed by atoms with van der Waals surface area (Å²) in [5, 5.41) is 16.3. The Morgan fingerprint density at radius 1 is 1.44 bits per heavy atom. The third kappa shape index (κ3) is 4.88. The van der Waals surface area contributed by atoms with E-state index in [9.17, 15) is 14.3 Å². The van der Waals surface area contributed by atoms with Crippen LogP contribution in [0.4, 0.5) is 10.2 Å². The van der Waals surface area contributed by atoms with E-state index in [4.69, 9.17) is 9.26 Å². The molecular weight excluding hydrogens is 347 g/mol. The molecule has 0 saturated heterocycles. The van der Waals surface area contributed by atoms with E-state index in [1.165, 1.54) is 25.3 Å². The van der Waals surface area contributed by atoms with Crippen LogP contribution in [0.15, 0.2) is 22.7 Å². The number of ether oxygens (including phenoxy) is 1. The summed E-state index contributed by atoms with van der Waals surface area (Å²) < 4.78 is 23.8. The van der Waals surface area contributed by atoms with Crippen LogP contribution >= 0.6 is 11.8 Å². The monoisotopic (exact) mass is 368 g/mol. The molecule has 0 aliphatic carbocycles. The highest BCUT2D eigenvalue weighted by Gasteiger charge is 2.24. The van der Waals surface area contributed by atoms with Crippen LogP contribution in [0.1, 0.15) is 31.1 Å². The van der Waals surface area contributed by atoms with Crippen molar-refractivity contribution in [1.82, 2.24) is 5.16 Å². The van der Waals surface area contributed by atoms with Gasteiger partial charge in [-0.2, -0.15) is 11.8 Å². The molecule has 1 aromatic heterocycles. The van der Waals surface area contributed by atoms with Crippen LogP contribution in [-0.4, -0.2) is 40.4 Å². The summed E-state index contributed by atoms with van der Waals surface area (Å²) in [4.78, 5) is 11.6. The fraction of sp³-hybridized carbons (Fsp3) is 0.412. The van der Waals surface area contributed by atoms with Gasteiger partial charge in [-0.25, -0.2) is 9.18 Å². The highest BCUT2D eigenvalue weighted by molar-refractivity contribution is 8.00. The fourth-order valence-electron chi connectivity index (χ4n) is 2.13. The minimum atomic E-state index is -1.18. The van der Waals surface area contributed by atoms with Crippen LogP contribution in [0.2, 0.25) is 0 Å². The van der Waals surface area contributed by atoms with Crippen molar-refractivity contribution in [2.45, 2.75) is 25.5 Å². The normalized spacial score (nSPS) is 11.4. The molecule has 6 nitrogen and oxygen atoms in total. The highest BCUT2D eigenvalue weighted by atomic mass is 32.2. The zero-order valence-corrected chi connectivity index (χ0v) is 15.4. The van der Waals surface area contributed by atoms with Crippen molar-refractivity contribution >= 4 is 23.5 Å². The molecule has 0 spiro atoms. The number of thioether (sulfide) groups is 1. The molecule has 25 heavy (non-hydrogen) atoms. The van der Waals surface area contributed by atoms with Crippen molar-refractivity contribution < 1.29 is 23.6 Å². The van der Waals surface area contributed by atoms with E-state index in [0.717, 1.165) is 5.75 Å². The molecule has 0 bridgehead atoms. The van der Waals surface area contributed by atoms with E-state index in [1.807, 2.05) is 0 Å². The lowest BCUT2D eigenvalue weighted by molar-refractivity contribution is 0.0698. The summed E-state index contributed by atoms with van der Waals surface area (Å²) in [5.41, 5.74) is 0.287. The summed E-state index contributed by atoms with van der Waals surface area (Å²) in [6.07, 6.45) is 0. The highest BCUT2D eigenvalue weighted by Crippen LogP contribution is 2.32. The smallest absolute Gasteiger partial charge is 0.343 e. The number of benzene rings is 1. The lowest BCUT2D eigenvalue weighted by Crippen LogP contribution is -2.14. The quantitative estimate of drug-likeness (QED) is 0.711. The molecule has 0 fully saturated rings. The largest absolute Gasteiger partial charge is 0.494 e. The van der Waals surface area contributed by atoms with Crippen LogP contribution in [0.5, 0.6) is 5.75 Å². The number of aromatic carboxylic acids is 1. The molecule has 0 atom stereocenters. The Kier molecular flexibility index (Phi) is 5.94. The van der Waals surface area contributed by atoms with Crippen molar-refractivity contribution in [2.24, 2.45) is 0 Å². The fourth-order valence-corrected chi connectivity index (χ4v) is 2.95. The molecule has 2 aromatic rings. The van der Waals surface area contributed by atoms with Gasteiger partial charge in [0, 0.05) is 22.6 Å². The first-order chi connectivity index (χ1) is 11.7. The summed E-state index contributed by atoms with van der Waals surface area (Å²) in [7, 11) is 1.33. The van der Waals surface area contributed by atoms with E-state index < -0.39 is 11.8 Å². The van der Waals surface area contributed by atoms with Crippen LogP contribution in [-0.2, 0) is 0 Å².